The van der Waals surface area contributed by atoms with Crippen molar-refractivity contribution < 1.29 is 36.3 Å². The van der Waals surface area contributed by atoms with Crippen molar-refractivity contribution in [2.45, 2.75) is 43.8 Å². The lowest BCUT2D eigenvalue weighted by Gasteiger charge is -2.20. The third kappa shape index (κ3) is 4.55. The second-order valence-electron chi connectivity index (χ2n) is 7.14. The van der Waals surface area contributed by atoms with E-state index in [9.17, 15) is 22.0 Å². The number of nitrogens with one attached hydrogen (secondary N) is 1. The smallest absolute Gasteiger partial charge is 0.475 e. The first-order valence-corrected chi connectivity index (χ1v) is 9.09. The van der Waals surface area contributed by atoms with Crippen LogP contribution in [0.25, 0.3) is 11.1 Å². The lowest BCUT2D eigenvalue weighted by molar-refractivity contribution is -0.192. The first-order valence-electron chi connectivity index (χ1n) is 9.09. The van der Waals surface area contributed by atoms with Gasteiger partial charge in [-0.25, -0.2) is 18.6 Å². The fourth-order valence-corrected chi connectivity index (χ4v) is 3.50. The number of aliphatic carboxylic acids is 1. The quantitative estimate of drug-likeness (QED) is 0.613. The van der Waals surface area contributed by atoms with Crippen LogP contribution >= 0.6 is 0 Å². The van der Waals surface area contributed by atoms with Crippen LogP contribution in [0.4, 0.5) is 33.7 Å². The van der Waals surface area contributed by atoms with Gasteiger partial charge in [-0.15, -0.1) is 0 Å². The first kappa shape index (κ1) is 22.0. The molecule has 1 atom stereocenters. The summed E-state index contributed by atoms with van der Waals surface area (Å²) in [6.07, 6.45) is -4.41. The Bertz CT molecular complexity index is 946. The molecule has 8 nitrogen and oxygen atoms in total. The Morgan fingerprint density at radius 1 is 1.37 bits per heavy atom. The van der Waals surface area contributed by atoms with E-state index in [0.717, 1.165) is 19.5 Å². The number of hydrogen-bond donors (Lipinski definition) is 3. The van der Waals surface area contributed by atoms with Gasteiger partial charge in [0.25, 0.3) is 5.92 Å². The summed E-state index contributed by atoms with van der Waals surface area (Å²) in [5.41, 5.74) is 7.23. The van der Waals surface area contributed by atoms with Crippen molar-refractivity contribution in [3.05, 3.63) is 11.3 Å². The van der Waals surface area contributed by atoms with Gasteiger partial charge in [-0.05, 0) is 13.5 Å². The van der Waals surface area contributed by atoms with E-state index in [0.29, 0.717) is 34.3 Å². The van der Waals surface area contributed by atoms with Crippen molar-refractivity contribution in [1.29, 1.82) is 0 Å². The third-order valence-electron chi connectivity index (χ3n) is 5.00. The summed E-state index contributed by atoms with van der Waals surface area (Å²) < 4.78 is 65.1. The first-order chi connectivity index (χ1) is 13.9. The largest absolute Gasteiger partial charge is 0.490 e. The van der Waals surface area contributed by atoms with Crippen molar-refractivity contribution >= 4 is 28.8 Å². The molecular weight excluding hydrogens is 417 g/mol. The van der Waals surface area contributed by atoms with E-state index < -0.39 is 18.1 Å². The predicted octanol–water partition coefficient (Wildman–Crippen LogP) is 2.36. The second kappa shape index (κ2) is 7.85. The fourth-order valence-electron chi connectivity index (χ4n) is 3.50. The number of likely N-dealkylation sites (N-methyl/N-ethyl adjacent to an activating group) is 1. The van der Waals surface area contributed by atoms with Gasteiger partial charge in [0.1, 0.15) is 11.3 Å². The fraction of sp³-hybridized carbons (Fsp3) is 0.588. The Hall–Kier alpha value is -2.70. The molecule has 2 aliphatic rings. The molecule has 2 aromatic rings. The maximum Gasteiger partial charge on any atom is 0.490 e. The number of nitrogen functional groups attached to an aromatic ring is 1. The molecule has 13 heteroatoms. The number of carbonyl (C=O) groups is 1. The summed E-state index contributed by atoms with van der Waals surface area (Å²) >= 11 is 0. The van der Waals surface area contributed by atoms with Crippen molar-refractivity contribution in [2.24, 2.45) is 0 Å². The average molecular weight is 437 g/mol. The summed E-state index contributed by atoms with van der Waals surface area (Å²) in [7, 11) is 1.92. The number of aromatic nitrogens is 2. The third-order valence-corrected chi connectivity index (χ3v) is 5.00. The van der Waals surface area contributed by atoms with E-state index >= 15 is 0 Å². The Morgan fingerprint density at radius 3 is 2.60 bits per heavy atom. The standard InChI is InChI=1S/C15H19F2N5O.C2HF3O2/c1-19-8-3-5-22(7-8)13-12-11(20-14(18)21-13)9-6-15(16,17)4-2-10(9)23-12;3-2(4,5)1(6)7/h8,19H,2-7H2,1H3,(H2,18,20,21);(H,6,7)/t8-;/m0./s1. The minimum Gasteiger partial charge on any atom is -0.475 e. The maximum absolute atomic E-state index is 13.8. The number of nitrogens with zero attached hydrogens (tertiary/aromatic N) is 3. The van der Waals surface area contributed by atoms with Gasteiger partial charge in [0, 0.05) is 44.0 Å². The minimum atomic E-state index is -5.08. The molecule has 0 radical (unpaired) electrons. The summed E-state index contributed by atoms with van der Waals surface area (Å²) in [5.74, 6) is -4.17. The van der Waals surface area contributed by atoms with E-state index in [4.69, 9.17) is 20.1 Å². The summed E-state index contributed by atoms with van der Waals surface area (Å²) in [5, 5.41) is 10.4. The molecule has 0 unspecified atom stereocenters. The van der Waals surface area contributed by atoms with Gasteiger partial charge in [0.15, 0.2) is 11.4 Å². The number of halogens is 5. The van der Waals surface area contributed by atoms with E-state index in [2.05, 4.69) is 20.2 Å². The van der Waals surface area contributed by atoms with Crippen molar-refractivity contribution in [1.82, 2.24) is 15.3 Å². The molecule has 3 heterocycles. The van der Waals surface area contributed by atoms with Crippen LogP contribution in [0.1, 0.15) is 24.2 Å². The van der Waals surface area contributed by atoms with Crippen LogP contribution in [0.15, 0.2) is 4.42 Å². The molecule has 1 fully saturated rings. The number of carboxylic acid groups (broad SMARTS) is 1. The zero-order valence-corrected chi connectivity index (χ0v) is 15.9. The van der Waals surface area contributed by atoms with E-state index in [1.54, 1.807) is 0 Å². The molecule has 1 saturated heterocycles. The average Bonchev–Trinajstić information content (AvgIpc) is 3.25. The molecule has 1 aliphatic carbocycles. The molecule has 0 bridgehead atoms. The van der Waals surface area contributed by atoms with Crippen LogP contribution in [0.2, 0.25) is 0 Å². The number of nitrogens with two attached hydrogens (primary N) is 1. The molecule has 4 rings (SSSR count). The summed E-state index contributed by atoms with van der Waals surface area (Å²) in [6, 6.07) is 0.371. The lowest BCUT2D eigenvalue weighted by atomic mass is 9.94. The predicted molar refractivity (Wildman–Crippen MR) is 96.6 cm³/mol. The Morgan fingerprint density at radius 2 is 2.03 bits per heavy atom. The van der Waals surface area contributed by atoms with Gasteiger partial charge < -0.3 is 25.5 Å². The number of anilines is 2. The maximum atomic E-state index is 13.8. The number of alkyl halides is 5. The number of furan rings is 1. The molecular formula is C17H20F5N5O3. The van der Waals surface area contributed by atoms with Gasteiger partial charge in [0.05, 0.1) is 0 Å². The highest BCUT2D eigenvalue weighted by Gasteiger charge is 2.39. The number of carboxylic acids is 1. The molecule has 0 spiro atoms. The molecule has 1 aliphatic heterocycles. The highest BCUT2D eigenvalue weighted by atomic mass is 19.4. The number of fused-ring (bicyclic) bond motifs is 3. The zero-order valence-electron chi connectivity index (χ0n) is 15.9. The summed E-state index contributed by atoms with van der Waals surface area (Å²) in [4.78, 5) is 19.5. The van der Waals surface area contributed by atoms with Gasteiger partial charge >= 0.3 is 12.1 Å². The Balaban J connectivity index is 0.000000318. The number of hydrogen-bond acceptors (Lipinski definition) is 7. The molecule has 166 valence electrons. The monoisotopic (exact) mass is 437 g/mol. The van der Waals surface area contributed by atoms with Gasteiger partial charge in [-0.1, -0.05) is 0 Å². The van der Waals surface area contributed by atoms with Gasteiger partial charge in [-0.3, -0.25) is 0 Å². The van der Waals surface area contributed by atoms with Crippen LogP contribution in [0, 0.1) is 0 Å². The Kier molecular flexibility index (Phi) is 5.76. The van der Waals surface area contributed by atoms with E-state index in [1.165, 1.54) is 0 Å². The van der Waals surface area contributed by atoms with Crippen molar-refractivity contribution in [3.63, 3.8) is 0 Å². The van der Waals surface area contributed by atoms with Crippen molar-refractivity contribution in [3.8, 4) is 0 Å². The zero-order chi connectivity index (χ0) is 22.3. The van der Waals surface area contributed by atoms with Gasteiger partial charge in [0.2, 0.25) is 5.95 Å². The second-order valence-corrected chi connectivity index (χ2v) is 7.14. The molecule has 2 aromatic heterocycles. The molecule has 30 heavy (non-hydrogen) atoms. The van der Waals surface area contributed by atoms with Crippen LogP contribution in [-0.2, 0) is 17.6 Å². The van der Waals surface area contributed by atoms with Crippen LogP contribution in [-0.4, -0.2) is 59.3 Å². The Labute approximate surface area is 167 Å². The summed E-state index contributed by atoms with van der Waals surface area (Å²) in [6.45, 7) is 1.60. The van der Waals surface area contributed by atoms with Crippen LogP contribution in [0.5, 0.6) is 0 Å². The molecule has 0 saturated carbocycles. The molecule has 4 N–H and O–H groups in total. The number of aryl methyl sites for hydroxylation is 1. The normalized spacial score (nSPS) is 20.6. The highest BCUT2D eigenvalue weighted by Crippen LogP contribution is 2.40. The van der Waals surface area contributed by atoms with E-state index in [-0.39, 0.29) is 25.2 Å². The SMILES string of the molecule is CN[C@H]1CCN(c2nc(N)nc3c4c(oc23)CCC(F)(F)C4)C1.O=C(O)C(F)(F)F. The minimum absolute atomic E-state index is 0.0953. The van der Waals surface area contributed by atoms with Crippen molar-refractivity contribution in [2.75, 3.05) is 30.8 Å². The van der Waals surface area contributed by atoms with Crippen LogP contribution in [0.3, 0.4) is 0 Å². The van der Waals surface area contributed by atoms with Crippen LogP contribution < -0.4 is 16.0 Å². The van der Waals surface area contributed by atoms with E-state index in [1.807, 2.05) is 7.05 Å². The number of rotatable bonds is 2. The highest BCUT2D eigenvalue weighted by molar-refractivity contribution is 5.89. The van der Waals surface area contributed by atoms with Gasteiger partial charge in [-0.2, -0.15) is 18.2 Å². The topological polar surface area (TPSA) is 118 Å². The lowest BCUT2D eigenvalue weighted by Crippen LogP contribution is -2.30. The molecule has 0 aromatic carbocycles. The molecule has 0 amide bonds.